The van der Waals surface area contributed by atoms with E-state index in [0.29, 0.717) is 13.1 Å². The third-order valence-corrected chi connectivity index (χ3v) is 2.92. The fourth-order valence-electron chi connectivity index (χ4n) is 1.95. The number of esters is 1. The van der Waals surface area contributed by atoms with Gasteiger partial charge in [0.1, 0.15) is 13.2 Å². The van der Waals surface area contributed by atoms with Crippen LogP contribution in [0.3, 0.4) is 0 Å². The molecular weight excluding hydrogens is 242 g/mol. The van der Waals surface area contributed by atoms with E-state index in [1.807, 2.05) is 6.92 Å². The molecule has 102 valence electrons. The minimum absolute atomic E-state index is 0.0286. The van der Waals surface area contributed by atoms with Gasteiger partial charge in [-0.2, -0.15) is 0 Å². The van der Waals surface area contributed by atoms with Crippen molar-refractivity contribution in [2.75, 3.05) is 33.4 Å². The standard InChI is InChI=1S/C11H17NO6/c1-7-3-12(4-8(7)11(16)17-2)9(13)5-18-6-10(14)15/h7-8H,3-6H2,1-2H3,(H,14,15). The molecule has 1 fully saturated rings. The number of rotatable bonds is 5. The van der Waals surface area contributed by atoms with Gasteiger partial charge in [0.05, 0.1) is 13.0 Å². The molecule has 7 heteroatoms. The number of carbonyl (C=O) groups excluding carboxylic acids is 2. The molecule has 1 aliphatic heterocycles. The van der Waals surface area contributed by atoms with Crippen LogP contribution in [0.15, 0.2) is 0 Å². The Kier molecular flexibility index (Phi) is 5.08. The van der Waals surface area contributed by atoms with E-state index >= 15 is 0 Å². The van der Waals surface area contributed by atoms with Crippen LogP contribution in [0.2, 0.25) is 0 Å². The summed E-state index contributed by atoms with van der Waals surface area (Å²) < 4.78 is 9.38. The van der Waals surface area contributed by atoms with Crippen molar-refractivity contribution in [1.29, 1.82) is 0 Å². The normalized spacial score (nSPS) is 22.9. The monoisotopic (exact) mass is 259 g/mol. The zero-order valence-corrected chi connectivity index (χ0v) is 10.4. The molecule has 0 bridgehead atoms. The van der Waals surface area contributed by atoms with Crippen molar-refractivity contribution in [3.8, 4) is 0 Å². The molecule has 0 radical (unpaired) electrons. The number of carboxylic acid groups (broad SMARTS) is 1. The number of hydrogen-bond donors (Lipinski definition) is 1. The van der Waals surface area contributed by atoms with E-state index < -0.39 is 12.6 Å². The number of hydrogen-bond acceptors (Lipinski definition) is 5. The van der Waals surface area contributed by atoms with Gasteiger partial charge < -0.3 is 19.5 Å². The highest BCUT2D eigenvalue weighted by atomic mass is 16.5. The Bertz CT molecular complexity index is 342. The predicted octanol–water partition coefficient (Wildman–Crippen LogP) is -0.645. The molecule has 0 aromatic rings. The van der Waals surface area contributed by atoms with Crippen molar-refractivity contribution in [2.24, 2.45) is 11.8 Å². The number of likely N-dealkylation sites (tertiary alicyclic amines) is 1. The van der Waals surface area contributed by atoms with E-state index in [9.17, 15) is 14.4 Å². The molecule has 0 aromatic carbocycles. The number of methoxy groups -OCH3 is 1. The first-order chi connectivity index (χ1) is 8.45. The van der Waals surface area contributed by atoms with Gasteiger partial charge in [0.15, 0.2) is 0 Å². The van der Waals surface area contributed by atoms with E-state index in [2.05, 4.69) is 4.74 Å². The van der Waals surface area contributed by atoms with Crippen molar-refractivity contribution in [1.82, 2.24) is 4.90 Å². The lowest BCUT2D eigenvalue weighted by Crippen LogP contribution is -2.33. The maximum atomic E-state index is 11.7. The van der Waals surface area contributed by atoms with Crippen LogP contribution in [-0.4, -0.2) is 61.3 Å². The van der Waals surface area contributed by atoms with Gasteiger partial charge in [0.2, 0.25) is 5.91 Å². The molecule has 1 saturated heterocycles. The van der Waals surface area contributed by atoms with Crippen LogP contribution >= 0.6 is 0 Å². The van der Waals surface area contributed by atoms with Crippen LogP contribution in [0.5, 0.6) is 0 Å². The van der Waals surface area contributed by atoms with Crippen LogP contribution in [0, 0.1) is 11.8 Å². The third-order valence-electron chi connectivity index (χ3n) is 2.92. The lowest BCUT2D eigenvalue weighted by Gasteiger charge is -2.15. The average Bonchev–Trinajstić information content (AvgIpc) is 2.70. The fourth-order valence-corrected chi connectivity index (χ4v) is 1.95. The summed E-state index contributed by atoms with van der Waals surface area (Å²) >= 11 is 0. The predicted molar refractivity (Wildman–Crippen MR) is 59.7 cm³/mol. The summed E-state index contributed by atoms with van der Waals surface area (Å²) in [4.78, 5) is 34.8. The lowest BCUT2D eigenvalue weighted by atomic mass is 9.99. The Hall–Kier alpha value is -1.63. The summed E-state index contributed by atoms with van der Waals surface area (Å²) in [5, 5.41) is 8.37. The second kappa shape index (κ2) is 6.34. The number of nitrogens with zero attached hydrogens (tertiary/aromatic N) is 1. The Balaban J connectivity index is 2.42. The van der Waals surface area contributed by atoms with Gasteiger partial charge in [-0.25, -0.2) is 4.79 Å². The number of amides is 1. The first-order valence-corrected chi connectivity index (χ1v) is 5.60. The van der Waals surface area contributed by atoms with E-state index in [-0.39, 0.29) is 30.3 Å². The third kappa shape index (κ3) is 3.69. The van der Waals surface area contributed by atoms with Gasteiger partial charge in [-0.05, 0) is 5.92 Å². The van der Waals surface area contributed by atoms with Crippen molar-refractivity contribution in [3.05, 3.63) is 0 Å². The van der Waals surface area contributed by atoms with Gasteiger partial charge >= 0.3 is 11.9 Å². The molecule has 2 atom stereocenters. The molecule has 0 saturated carbocycles. The Morgan fingerprint density at radius 3 is 2.50 bits per heavy atom. The smallest absolute Gasteiger partial charge is 0.329 e. The molecule has 0 aromatic heterocycles. The first kappa shape index (κ1) is 14.4. The maximum absolute atomic E-state index is 11.7. The van der Waals surface area contributed by atoms with Crippen molar-refractivity contribution in [3.63, 3.8) is 0 Å². The number of aliphatic carboxylic acids is 1. The average molecular weight is 259 g/mol. The molecule has 1 aliphatic rings. The first-order valence-electron chi connectivity index (χ1n) is 5.60. The summed E-state index contributed by atoms with van der Waals surface area (Å²) in [6, 6.07) is 0. The largest absolute Gasteiger partial charge is 0.480 e. The zero-order valence-electron chi connectivity index (χ0n) is 10.4. The molecule has 0 spiro atoms. The van der Waals surface area contributed by atoms with Gasteiger partial charge in [-0.3, -0.25) is 9.59 Å². The second-order valence-electron chi connectivity index (χ2n) is 4.29. The lowest BCUT2D eigenvalue weighted by molar-refractivity contribution is -0.146. The zero-order chi connectivity index (χ0) is 13.7. The van der Waals surface area contributed by atoms with E-state index in [1.165, 1.54) is 12.0 Å². The van der Waals surface area contributed by atoms with E-state index in [1.54, 1.807) is 0 Å². The molecular formula is C11H17NO6. The van der Waals surface area contributed by atoms with E-state index in [4.69, 9.17) is 9.84 Å². The van der Waals surface area contributed by atoms with Crippen LogP contribution in [0.4, 0.5) is 0 Å². The number of ether oxygens (including phenoxy) is 2. The van der Waals surface area contributed by atoms with Crippen molar-refractivity contribution < 1.29 is 29.0 Å². The molecule has 1 rings (SSSR count). The SMILES string of the molecule is COC(=O)C1CN(C(=O)COCC(=O)O)CC1C. The van der Waals surface area contributed by atoms with Crippen LogP contribution in [0.1, 0.15) is 6.92 Å². The van der Waals surface area contributed by atoms with Gasteiger partial charge in [0.25, 0.3) is 0 Å². The van der Waals surface area contributed by atoms with E-state index in [0.717, 1.165) is 0 Å². The van der Waals surface area contributed by atoms with Gasteiger partial charge in [-0.1, -0.05) is 6.92 Å². The Morgan fingerprint density at radius 1 is 1.28 bits per heavy atom. The van der Waals surface area contributed by atoms with Crippen molar-refractivity contribution in [2.45, 2.75) is 6.92 Å². The Morgan fingerprint density at radius 2 is 1.94 bits per heavy atom. The molecule has 1 amide bonds. The number of carboxylic acids is 1. The van der Waals surface area contributed by atoms with Gasteiger partial charge in [-0.15, -0.1) is 0 Å². The highest BCUT2D eigenvalue weighted by Gasteiger charge is 2.37. The Labute approximate surface area is 105 Å². The van der Waals surface area contributed by atoms with Crippen molar-refractivity contribution >= 4 is 17.8 Å². The summed E-state index contributed by atoms with van der Waals surface area (Å²) in [7, 11) is 1.31. The summed E-state index contributed by atoms with van der Waals surface area (Å²) in [5.41, 5.74) is 0. The molecule has 18 heavy (non-hydrogen) atoms. The maximum Gasteiger partial charge on any atom is 0.329 e. The van der Waals surface area contributed by atoms with Crippen LogP contribution in [0.25, 0.3) is 0 Å². The summed E-state index contributed by atoms with van der Waals surface area (Å²) in [5.74, 6) is -2.05. The highest BCUT2D eigenvalue weighted by Crippen LogP contribution is 2.23. The molecule has 2 unspecified atom stereocenters. The second-order valence-corrected chi connectivity index (χ2v) is 4.29. The van der Waals surface area contributed by atoms with Crippen LogP contribution in [-0.2, 0) is 23.9 Å². The fraction of sp³-hybridized carbons (Fsp3) is 0.727. The molecule has 1 N–H and O–H groups in total. The highest BCUT2D eigenvalue weighted by molar-refractivity contribution is 5.80. The minimum atomic E-state index is -1.12. The topological polar surface area (TPSA) is 93.1 Å². The molecule has 0 aliphatic carbocycles. The van der Waals surface area contributed by atoms with Crippen LogP contribution < -0.4 is 0 Å². The number of carbonyl (C=O) groups is 3. The minimum Gasteiger partial charge on any atom is -0.480 e. The summed E-state index contributed by atoms with van der Waals surface area (Å²) in [6.07, 6.45) is 0. The molecule has 7 nitrogen and oxygen atoms in total. The van der Waals surface area contributed by atoms with Gasteiger partial charge in [0, 0.05) is 13.1 Å². The molecule has 1 heterocycles. The summed E-state index contributed by atoms with van der Waals surface area (Å²) in [6.45, 7) is 1.83. The quantitative estimate of drug-likeness (QED) is 0.660.